The normalized spacial score (nSPS) is 14.6. The number of thiophene rings is 1. The summed E-state index contributed by atoms with van der Waals surface area (Å²) in [5.74, 6) is -0.314. The van der Waals surface area contributed by atoms with Crippen LogP contribution in [0, 0.1) is 0 Å². The van der Waals surface area contributed by atoms with Crippen molar-refractivity contribution in [2.24, 2.45) is 0 Å². The number of carbonyl (C=O) groups is 1. The van der Waals surface area contributed by atoms with Gasteiger partial charge in [0.15, 0.2) is 10.8 Å². The van der Waals surface area contributed by atoms with Crippen molar-refractivity contribution in [1.29, 1.82) is 0 Å². The lowest BCUT2D eigenvalue weighted by molar-refractivity contribution is 0.102. The summed E-state index contributed by atoms with van der Waals surface area (Å²) in [4.78, 5) is 19.8. The van der Waals surface area contributed by atoms with Crippen molar-refractivity contribution in [3.63, 3.8) is 0 Å². The van der Waals surface area contributed by atoms with Crippen molar-refractivity contribution in [1.82, 2.24) is 25.0 Å². The van der Waals surface area contributed by atoms with Gasteiger partial charge in [-0.15, -0.1) is 11.3 Å². The molecule has 13 heteroatoms. The molecule has 4 heterocycles. The first-order chi connectivity index (χ1) is 17.8. The van der Waals surface area contributed by atoms with Crippen molar-refractivity contribution < 1.29 is 13.2 Å². The van der Waals surface area contributed by atoms with Gasteiger partial charge >= 0.3 is 0 Å². The Kier molecular flexibility index (Phi) is 7.58. The molecule has 3 N–H and O–H groups in total. The van der Waals surface area contributed by atoms with E-state index in [1.807, 2.05) is 10.7 Å². The first-order valence-electron chi connectivity index (χ1n) is 12.1. The highest BCUT2D eigenvalue weighted by Crippen LogP contribution is 2.30. The molecule has 0 saturated heterocycles. The van der Waals surface area contributed by atoms with Gasteiger partial charge in [-0.2, -0.15) is 5.10 Å². The average molecular weight is 560 g/mol. The molecule has 196 valence electrons. The average Bonchev–Trinajstić information content (AvgIpc) is 3.57. The molecule has 1 aliphatic rings. The molecule has 5 rings (SSSR count). The summed E-state index contributed by atoms with van der Waals surface area (Å²) in [6.07, 6.45) is 0.980. The molecule has 0 spiro atoms. The van der Waals surface area contributed by atoms with Gasteiger partial charge in [-0.05, 0) is 42.1 Å². The van der Waals surface area contributed by atoms with E-state index in [1.165, 1.54) is 11.3 Å². The molecular weight excluding hydrogens is 531 g/mol. The lowest BCUT2D eigenvalue weighted by Crippen LogP contribution is -2.34. The van der Waals surface area contributed by atoms with Gasteiger partial charge in [0.2, 0.25) is 0 Å². The number of nitrogens with zero attached hydrogens (tertiary/aromatic N) is 4. The van der Waals surface area contributed by atoms with Gasteiger partial charge in [0.1, 0.15) is 4.21 Å². The fourth-order valence-corrected chi connectivity index (χ4v) is 7.11. The molecule has 0 aliphatic carbocycles. The number of sulfonamides is 1. The number of aryl methyl sites for hydroxylation is 1. The Balaban J connectivity index is 1.25. The van der Waals surface area contributed by atoms with E-state index in [2.05, 4.69) is 44.2 Å². The zero-order chi connectivity index (χ0) is 26.0. The third kappa shape index (κ3) is 6.18. The topological polar surface area (TPSA) is 121 Å². The number of anilines is 2. The summed E-state index contributed by atoms with van der Waals surface area (Å²) in [6, 6.07) is 10.7. The van der Waals surface area contributed by atoms with Crippen LogP contribution in [-0.2, 0) is 23.1 Å². The van der Waals surface area contributed by atoms with E-state index >= 15 is 0 Å². The second kappa shape index (κ2) is 10.9. The Morgan fingerprint density at radius 3 is 2.84 bits per heavy atom. The van der Waals surface area contributed by atoms with Gasteiger partial charge in [0, 0.05) is 38.8 Å². The molecule has 1 aromatic carbocycles. The van der Waals surface area contributed by atoms with Gasteiger partial charge in [0.25, 0.3) is 15.9 Å². The highest BCUT2D eigenvalue weighted by Gasteiger charge is 2.21. The SMILES string of the molecule is CC(C)NCCN1CCCn2nc(C(=O)Nc3nc4ccc(NS(=O)(=O)c5cccs5)cc4s3)cc2C1. The van der Waals surface area contributed by atoms with E-state index in [0.717, 1.165) is 60.9 Å². The molecular formula is C24H29N7O3S3. The van der Waals surface area contributed by atoms with Crippen molar-refractivity contribution >= 4 is 59.6 Å². The smallest absolute Gasteiger partial charge is 0.277 e. The van der Waals surface area contributed by atoms with Crippen LogP contribution < -0.4 is 15.4 Å². The minimum absolute atomic E-state index is 0.249. The van der Waals surface area contributed by atoms with Gasteiger partial charge in [-0.1, -0.05) is 31.3 Å². The molecule has 4 aromatic rings. The Morgan fingerprint density at radius 2 is 2.05 bits per heavy atom. The second-order valence-electron chi connectivity index (χ2n) is 9.18. The number of aromatic nitrogens is 3. The molecule has 0 bridgehead atoms. The Labute approximate surface area is 223 Å². The number of nitrogens with one attached hydrogen (secondary N) is 3. The van der Waals surface area contributed by atoms with E-state index in [-0.39, 0.29) is 10.1 Å². The zero-order valence-corrected chi connectivity index (χ0v) is 23.0. The molecule has 0 radical (unpaired) electrons. The number of benzene rings is 1. The lowest BCUT2D eigenvalue weighted by Gasteiger charge is -2.20. The monoisotopic (exact) mass is 559 g/mol. The Hall–Kier alpha value is -2.84. The summed E-state index contributed by atoms with van der Waals surface area (Å²) >= 11 is 2.44. The van der Waals surface area contributed by atoms with E-state index in [0.29, 0.717) is 28.1 Å². The largest absolute Gasteiger partial charge is 0.313 e. The van der Waals surface area contributed by atoms with E-state index in [9.17, 15) is 13.2 Å². The summed E-state index contributed by atoms with van der Waals surface area (Å²) in [7, 11) is -3.64. The van der Waals surface area contributed by atoms with Crippen LogP contribution in [0.3, 0.4) is 0 Å². The minimum atomic E-state index is -3.64. The quantitative estimate of drug-likeness (QED) is 0.285. The third-order valence-electron chi connectivity index (χ3n) is 5.93. The molecule has 0 atom stereocenters. The summed E-state index contributed by atoms with van der Waals surface area (Å²) in [5, 5.41) is 13.0. The van der Waals surface area contributed by atoms with Crippen molar-refractivity contribution in [2.75, 3.05) is 29.7 Å². The van der Waals surface area contributed by atoms with Crippen molar-refractivity contribution in [2.45, 2.75) is 43.6 Å². The van der Waals surface area contributed by atoms with Crippen molar-refractivity contribution in [3.8, 4) is 0 Å². The molecule has 0 unspecified atom stereocenters. The van der Waals surface area contributed by atoms with E-state index in [4.69, 9.17) is 0 Å². The maximum absolute atomic E-state index is 13.0. The first kappa shape index (κ1) is 25.8. The molecule has 3 aromatic heterocycles. The highest BCUT2D eigenvalue weighted by atomic mass is 32.2. The number of fused-ring (bicyclic) bond motifs is 2. The van der Waals surface area contributed by atoms with Crippen LogP contribution in [-0.4, -0.2) is 59.7 Å². The minimum Gasteiger partial charge on any atom is -0.313 e. The zero-order valence-electron chi connectivity index (χ0n) is 20.6. The number of thiazole rings is 1. The number of rotatable bonds is 9. The fourth-order valence-electron chi connectivity index (χ4n) is 4.17. The highest BCUT2D eigenvalue weighted by molar-refractivity contribution is 7.94. The number of carbonyl (C=O) groups excluding carboxylic acids is 1. The number of amides is 1. The summed E-state index contributed by atoms with van der Waals surface area (Å²) in [5.41, 5.74) is 2.50. The predicted octanol–water partition coefficient (Wildman–Crippen LogP) is 3.81. The van der Waals surface area contributed by atoms with Gasteiger partial charge in [-0.25, -0.2) is 13.4 Å². The van der Waals surface area contributed by atoms with Crippen LogP contribution in [0.25, 0.3) is 10.2 Å². The van der Waals surface area contributed by atoms with Gasteiger partial charge in [-0.3, -0.25) is 24.4 Å². The maximum Gasteiger partial charge on any atom is 0.277 e. The fraction of sp³-hybridized carbons (Fsp3) is 0.375. The second-order valence-corrected chi connectivity index (χ2v) is 13.1. The summed E-state index contributed by atoms with van der Waals surface area (Å²) < 4.78 is 30.6. The lowest BCUT2D eigenvalue weighted by atomic mass is 10.3. The van der Waals surface area contributed by atoms with Crippen LogP contribution in [0.5, 0.6) is 0 Å². The van der Waals surface area contributed by atoms with Gasteiger partial charge < -0.3 is 5.32 Å². The molecule has 10 nitrogen and oxygen atoms in total. The van der Waals surface area contributed by atoms with Crippen LogP contribution in [0.15, 0.2) is 46.0 Å². The number of hydrogen-bond acceptors (Lipinski definition) is 9. The predicted molar refractivity (Wildman–Crippen MR) is 148 cm³/mol. The van der Waals surface area contributed by atoms with Crippen LogP contribution in [0.2, 0.25) is 0 Å². The van der Waals surface area contributed by atoms with Crippen molar-refractivity contribution in [3.05, 3.63) is 53.2 Å². The first-order valence-corrected chi connectivity index (χ1v) is 15.3. The Bertz CT molecular complexity index is 1490. The van der Waals surface area contributed by atoms with Gasteiger partial charge in [0.05, 0.1) is 21.6 Å². The number of hydrogen-bond donors (Lipinski definition) is 3. The van der Waals surface area contributed by atoms with E-state index in [1.54, 1.807) is 35.7 Å². The molecule has 0 saturated carbocycles. The Morgan fingerprint density at radius 1 is 1.19 bits per heavy atom. The summed E-state index contributed by atoms with van der Waals surface area (Å²) in [6.45, 7) is 8.69. The standard InChI is InChI=1S/C24H29N7O3S3/c1-16(2)25-8-11-30-9-4-10-31-18(15-30)14-20(28-31)23(32)27-24-26-19-7-6-17(13-21(19)36-24)29-37(33,34)22-5-3-12-35-22/h3,5-7,12-14,16,25,29H,4,8-11,15H2,1-2H3,(H,26,27,32). The van der Waals surface area contributed by atoms with Crippen LogP contribution in [0.1, 0.15) is 36.5 Å². The maximum atomic E-state index is 13.0. The van der Waals surface area contributed by atoms with E-state index < -0.39 is 10.0 Å². The molecule has 37 heavy (non-hydrogen) atoms. The van der Waals surface area contributed by atoms with Crippen LogP contribution in [0.4, 0.5) is 10.8 Å². The molecule has 1 aliphatic heterocycles. The third-order valence-corrected chi connectivity index (χ3v) is 9.64. The van der Waals surface area contributed by atoms with Crippen LogP contribution >= 0.6 is 22.7 Å². The molecule has 0 fully saturated rings. The molecule has 1 amide bonds.